The lowest BCUT2D eigenvalue weighted by atomic mass is 9.79. The van der Waals surface area contributed by atoms with Gasteiger partial charge in [0.15, 0.2) is 5.78 Å². The second kappa shape index (κ2) is 15.5. The first kappa shape index (κ1) is 33.3. The molecule has 3 N–H and O–H groups in total. The van der Waals surface area contributed by atoms with Crippen molar-refractivity contribution in [2.75, 3.05) is 45.3 Å². The standard InChI is InChI=1S/C36H39N5O6/c1-23-31(35(44)38-28-14-12-26(13-15-28)34-29(42)22-30(43)39-40-34)33(32(24(2)37-23)36(45)46-3)27-11-8-10-25(21-27)9-6-4-5-7-16-41-17-19-47-20-18-41/h8,10-15,21,33,37H,4-5,7,16-20,22H2,1-3H3,(H,38,44)(H,39,43). The second-order valence-corrected chi connectivity index (χ2v) is 11.6. The van der Waals surface area contributed by atoms with Gasteiger partial charge in [-0.3, -0.25) is 19.3 Å². The fourth-order valence-corrected chi connectivity index (χ4v) is 5.93. The van der Waals surface area contributed by atoms with Crippen LogP contribution < -0.4 is 16.1 Å². The number of hydrogen-bond acceptors (Lipinski definition) is 9. The van der Waals surface area contributed by atoms with Crippen molar-refractivity contribution in [3.63, 3.8) is 0 Å². The van der Waals surface area contributed by atoms with Gasteiger partial charge in [-0.15, -0.1) is 0 Å². The van der Waals surface area contributed by atoms with E-state index in [2.05, 4.69) is 37.9 Å². The van der Waals surface area contributed by atoms with Crippen molar-refractivity contribution in [2.24, 2.45) is 5.10 Å². The summed E-state index contributed by atoms with van der Waals surface area (Å²) in [5, 5.41) is 9.99. The molecule has 1 unspecified atom stereocenters. The minimum absolute atomic E-state index is 0.150. The summed E-state index contributed by atoms with van der Waals surface area (Å²) in [6, 6.07) is 14.2. The number of rotatable bonds is 9. The van der Waals surface area contributed by atoms with Crippen LogP contribution in [0.1, 0.15) is 62.1 Å². The number of carbonyl (C=O) groups is 4. The molecule has 1 saturated heterocycles. The Labute approximate surface area is 274 Å². The number of nitrogens with one attached hydrogen (secondary N) is 3. The number of ether oxygens (including phenoxy) is 2. The van der Waals surface area contributed by atoms with Crippen molar-refractivity contribution >= 4 is 35.0 Å². The van der Waals surface area contributed by atoms with Crippen LogP contribution in [0.15, 0.2) is 76.2 Å². The van der Waals surface area contributed by atoms with Gasteiger partial charge in [0.2, 0.25) is 5.91 Å². The number of nitrogens with zero attached hydrogens (tertiary/aromatic N) is 2. The third kappa shape index (κ3) is 8.22. The maximum absolute atomic E-state index is 13.9. The predicted octanol–water partition coefficient (Wildman–Crippen LogP) is 3.38. The van der Waals surface area contributed by atoms with Crippen LogP contribution in [-0.2, 0) is 28.7 Å². The molecular formula is C36H39N5O6. The summed E-state index contributed by atoms with van der Waals surface area (Å²) in [4.78, 5) is 53.2. The van der Waals surface area contributed by atoms with E-state index >= 15 is 0 Å². The molecule has 5 rings (SSSR count). The van der Waals surface area contributed by atoms with Crippen LogP contribution in [0.5, 0.6) is 0 Å². The number of Topliss-reactive ketones (excluding diaryl/α,β-unsaturated/α-hetero) is 1. The number of hydrazone groups is 1. The van der Waals surface area contributed by atoms with Crippen molar-refractivity contribution in [2.45, 2.75) is 45.4 Å². The van der Waals surface area contributed by atoms with Gasteiger partial charge >= 0.3 is 5.97 Å². The predicted molar refractivity (Wildman–Crippen MR) is 177 cm³/mol. The summed E-state index contributed by atoms with van der Waals surface area (Å²) in [6.07, 6.45) is 2.58. The zero-order valence-corrected chi connectivity index (χ0v) is 26.9. The Hall–Kier alpha value is -5.05. The molecule has 0 bridgehead atoms. The quantitative estimate of drug-likeness (QED) is 0.165. The molecule has 3 aliphatic rings. The van der Waals surface area contributed by atoms with Gasteiger partial charge in [-0.2, -0.15) is 5.10 Å². The van der Waals surface area contributed by atoms with Crippen molar-refractivity contribution in [3.05, 3.63) is 87.8 Å². The Kier molecular flexibility index (Phi) is 11.0. The van der Waals surface area contributed by atoms with E-state index in [1.54, 1.807) is 38.1 Å². The lowest BCUT2D eigenvalue weighted by Crippen LogP contribution is -2.36. The number of methoxy groups -OCH3 is 1. The van der Waals surface area contributed by atoms with Crippen molar-refractivity contribution in [3.8, 4) is 11.8 Å². The number of morpholine rings is 1. The van der Waals surface area contributed by atoms with E-state index in [-0.39, 0.29) is 17.9 Å². The second-order valence-electron chi connectivity index (χ2n) is 11.6. The summed E-state index contributed by atoms with van der Waals surface area (Å²) >= 11 is 0. The van der Waals surface area contributed by atoms with Crippen LogP contribution in [0.2, 0.25) is 0 Å². The van der Waals surface area contributed by atoms with Crippen LogP contribution >= 0.6 is 0 Å². The van der Waals surface area contributed by atoms with Crippen LogP contribution in [0.25, 0.3) is 0 Å². The minimum atomic E-state index is -0.712. The molecule has 0 saturated carbocycles. The van der Waals surface area contributed by atoms with Crippen molar-refractivity contribution < 1.29 is 28.7 Å². The van der Waals surface area contributed by atoms with Crippen molar-refractivity contribution in [1.29, 1.82) is 0 Å². The third-order valence-electron chi connectivity index (χ3n) is 8.29. The lowest BCUT2D eigenvalue weighted by Gasteiger charge is -2.31. The van der Waals surface area contributed by atoms with E-state index in [1.807, 2.05) is 24.3 Å². The highest BCUT2D eigenvalue weighted by molar-refractivity contribution is 6.49. The molecule has 1 atom stereocenters. The summed E-state index contributed by atoms with van der Waals surface area (Å²) in [7, 11) is 1.32. The number of allylic oxidation sites excluding steroid dienone is 2. The molecule has 11 nitrogen and oxygen atoms in total. The molecule has 1 fully saturated rings. The van der Waals surface area contributed by atoms with E-state index in [9.17, 15) is 19.2 Å². The smallest absolute Gasteiger partial charge is 0.336 e. The summed E-state index contributed by atoms with van der Waals surface area (Å²) in [6.45, 7) is 8.20. The van der Waals surface area contributed by atoms with Crippen molar-refractivity contribution in [1.82, 2.24) is 15.6 Å². The number of benzene rings is 2. The van der Waals surface area contributed by atoms with Gasteiger partial charge in [-0.05, 0) is 63.1 Å². The van der Waals surface area contributed by atoms with Gasteiger partial charge in [-0.25, -0.2) is 10.2 Å². The number of hydrogen-bond donors (Lipinski definition) is 3. The molecule has 0 aliphatic carbocycles. The highest BCUT2D eigenvalue weighted by Gasteiger charge is 2.37. The van der Waals surface area contributed by atoms with Crippen LogP contribution in [0.3, 0.4) is 0 Å². The Bertz CT molecular complexity index is 1710. The molecule has 0 radical (unpaired) electrons. The fraction of sp³-hybridized carbons (Fsp3) is 0.361. The lowest BCUT2D eigenvalue weighted by molar-refractivity contribution is -0.136. The van der Waals surface area contributed by atoms with Gasteiger partial charge in [0, 0.05) is 53.3 Å². The van der Waals surface area contributed by atoms with E-state index < -0.39 is 23.7 Å². The van der Waals surface area contributed by atoms with E-state index in [4.69, 9.17) is 9.47 Å². The molecule has 47 heavy (non-hydrogen) atoms. The molecule has 0 aromatic heterocycles. The zero-order valence-electron chi connectivity index (χ0n) is 26.9. The van der Waals surface area contributed by atoms with E-state index in [1.165, 1.54) is 7.11 Å². The Morgan fingerprint density at radius 1 is 1.04 bits per heavy atom. The van der Waals surface area contributed by atoms with Gasteiger partial charge in [-0.1, -0.05) is 36.1 Å². The van der Waals surface area contributed by atoms with E-state index in [0.29, 0.717) is 33.8 Å². The monoisotopic (exact) mass is 637 g/mol. The van der Waals surface area contributed by atoms with Gasteiger partial charge in [0.05, 0.1) is 38.2 Å². The third-order valence-corrected chi connectivity index (χ3v) is 8.29. The molecule has 0 spiro atoms. The molecule has 2 amide bonds. The molecule has 2 aromatic rings. The summed E-state index contributed by atoms with van der Waals surface area (Å²) in [5.74, 6) is 4.05. The first-order chi connectivity index (χ1) is 22.7. The van der Waals surface area contributed by atoms with Crippen LogP contribution in [0.4, 0.5) is 5.69 Å². The average Bonchev–Trinajstić information content (AvgIpc) is 3.06. The molecule has 244 valence electrons. The average molecular weight is 638 g/mol. The highest BCUT2D eigenvalue weighted by atomic mass is 16.5. The van der Waals surface area contributed by atoms with Crippen LogP contribution in [0, 0.1) is 11.8 Å². The Morgan fingerprint density at radius 2 is 1.79 bits per heavy atom. The molecule has 3 heterocycles. The number of unbranched alkanes of at least 4 members (excludes halogenated alkanes) is 2. The topological polar surface area (TPSA) is 138 Å². The summed E-state index contributed by atoms with van der Waals surface area (Å²) < 4.78 is 10.6. The number of amides is 2. The van der Waals surface area contributed by atoms with Gasteiger partial charge in [0.25, 0.3) is 5.91 Å². The Balaban J connectivity index is 1.34. The number of carbonyl (C=O) groups excluding carboxylic acids is 4. The number of esters is 1. The fourth-order valence-electron chi connectivity index (χ4n) is 5.93. The van der Waals surface area contributed by atoms with Gasteiger partial charge in [0.1, 0.15) is 5.71 Å². The number of ketones is 1. The maximum atomic E-state index is 13.9. The SMILES string of the molecule is COC(=O)C1=C(C)NC(C)=C(C(=O)Nc2ccc(C3=NNC(=O)CC3=O)cc2)C1c1cccc(C#CCCCCN2CCOCC2)c1. The number of dihydropyridines is 1. The van der Waals surface area contributed by atoms with Crippen LogP contribution in [-0.4, -0.2) is 74.1 Å². The maximum Gasteiger partial charge on any atom is 0.336 e. The molecule has 3 aliphatic heterocycles. The zero-order chi connectivity index (χ0) is 33.3. The minimum Gasteiger partial charge on any atom is -0.466 e. The molecule has 11 heteroatoms. The molecule has 2 aromatic carbocycles. The first-order valence-electron chi connectivity index (χ1n) is 15.7. The number of anilines is 1. The largest absolute Gasteiger partial charge is 0.466 e. The van der Waals surface area contributed by atoms with Gasteiger partial charge < -0.3 is 20.1 Å². The Morgan fingerprint density at radius 3 is 2.51 bits per heavy atom. The molecular weight excluding hydrogens is 598 g/mol. The first-order valence-corrected chi connectivity index (χ1v) is 15.7. The highest BCUT2D eigenvalue weighted by Crippen LogP contribution is 2.39. The van der Waals surface area contributed by atoms with E-state index in [0.717, 1.165) is 63.2 Å². The normalized spacial score (nSPS) is 18.4. The summed E-state index contributed by atoms with van der Waals surface area (Å²) in [5.41, 5.74) is 6.89.